The summed E-state index contributed by atoms with van der Waals surface area (Å²) in [4.78, 5) is 14.2. The fourth-order valence-electron chi connectivity index (χ4n) is 3.19. The average molecular weight is 240 g/mol. The monoisotopic (exact) mass is 240 g/mol. The number of aliphatic hydroxyl groups excluding tert-OH is 1. The number of carbonyl (C=O) groups excluding carboxylic acids is 1. The quantitative estimate of drug-likeness (QED) is 0.749. The molecule has 2 N–H and O–H groups in total. The molecule has 1 saturated carbocycles. The van der Waals surface area contributed by atoms with Gasteiger partial charge in [-0.25, -0.2) is 0 Å². The first kappa shape index (κ1) is 12.8. The van der Waals surface area contributed by atoms with E-state index in [2.05, 4.69) is 12.2 Å². The number of β-amino-alcohol motifs (C(OH)–C–C–N with tert-alkyl or cyclic N) is 1. The van der Waals surface area contributed by atoms with Crippen molar-refractivity contribution in [2.24, 2.45) is 5.92 Å². The van der Waals surface area contributed by atoms with Gasteiger partial charge in [-0.1, -0.05) is 19.8 Å². The van der Waals surface area contributed by atoms with Crippen molar-refractivity contribution in [2.75, 3.05) is 13.6 Å². The molecule has 1 saturated heterocycles. The molecule has 1 aliphatic carbocycles. The van der Waals surface area contributed by atoms with E-state index >= 15 is 0 Å². The molecule has 2 aliphatic rings. The van der Waals surface area contributed by atoms with Gasteiger partial charge in [-0.15, -0.1) is 0 Å². The number of likely N-dealkylation sites (N-methyl/N-ethyl adjacent to an activating group) is 1. The van der Waals surface area contributed by atoms with Crippen molar-refractivity contribution in [1.82, 2.24) is 10.2 Å². The minimum absolute atomic E-state index is 0.153. The first-order valence-corrected chi connectivity index (χ1v) is 6.77. The van der Waals surface area contributed by atoms with Crippen LogP contribution < -0.4 is 5.32 Å². The Kier molecular flexibility index (Phi) is 4.05. The van der Waals surface area contributed by atoms with Gasteiger partial charge in [-0.05, 0) is 25.2 Å². The molecule has 4 unspecified atom stereocenters. The molecule has 0 aromatic rings. The molecule has 17 heavy (non-hydrogen) atoms. The number of hydrogen-bond acceptors (Lipinski definition) is 3. The van der Waals surface area contributed by atoms with Crippen molar-refractivity contribution in [3.05, 3.63) is 0 Å². The molecule has 0 aromatic heterocycles. The molecular formula is C13H24N2O2. The summed E-state index contributed by atoms with van der Waals surface area (Å²) in [5.74, 6) is 0.754. The first-order chi connectivity index (χ1) is 8.09. The second-order valence-electron chi connectivity index (χ2n) is 5.63. The standard InChI is InChI=1S/C13H24N2O2/c1-9-5-3-4-6-12(9)15(2)13(17)11-7-10(16)8-14-11/h9-12,14,16H,3-8H2,1-2H3. The number of amides is 1. The Balaban J connectivity index is 1.94. The van der Waals surface area contributed by atoms with Gasteiger partial charge in [0.1, 0.15) is 0 Å². The maximum atomic E-state index is 12.3. The van der Waals surface area contributed by atoms with E-state index < -0.39 is 0 Å². The topological polar surface area (TPSA) is 52.6 Å². The van der Waals surface area contributed by atoms with E-state index in [9.17, 15) is 9.90 Å². The molecule has 98 valence electrons. The van der Waals surface area contributed by atoms with Crippen LogP contribution in [0.5, 0.6) is 0 Å². The summed E-state index contributed by atoms with van der Waals surface area (Å²) in [5.41, 5.74) is 0. The van der Waals surface area contributed by atoms with Crippen molar-refractivity contribution >= 4 is 5.91 Å². The van der Waals surface area contributed by atoms with Gasteiger partial charge >= 0.3 is 0 Å². The normalized spacial score (nSPS) is 38.1. The highest BCUT2D eigenvalue weighted by Gasteiger charge is 2.34. The van der Waals surface area contributed by atoms with Gasteiger partial charge in [-0.2, -0.15) is 0 Å². The second-order valence-corrected chi connectivity index (χ2v) is 5.63. The largest absolute Gasteiger partial charge is 0.392 e. The van der Waals surface area contributed by atoms with Gasteiger partial charge in [0.05, 0.1) is 12.1 Å². The second kappa shape index (κ2) is 5.36. The molecule has 0 aromatic carbocycles. The summed E-state index contributed by atoms with van der Waals surface area (Å²) >= 11 is 0. The lowest BCUT2D eigenvalue weighted by atomic mass is 9.85. The summed E-state index contributed by atoms with van der Waals surface area (Å²) < 4.78 is 0. The molecule has 2 fully saturated rings. The zero-order valence-electron chi connectivity index (χ0n) is 10.9. The molecule has 4 nitrogen and oxygen atoms in total. The van der Waals surface area contributed by atoms with Crippen LogP contribution in [-0.4, -0.2) is 47.7 Å². The number of nitrogens with zero attached hydrogens (tertiary/aromatic N) is 1. The van der Waals surface area contributed by atoms with Crippen molar-refractivity contribution in [2.45, 2.75) is 57.2 Å². The van der Waals surface area contributed by atoms with Crippen LogP contribution in [0.1, 0.15) is 39.0 Å². The maximum Gasteiger partial charge on any atom is 0.239 e. The van der Waals surface area contributed by atoms with Crippen LogP contribution in [0, 0.1) is 5.92 Å². The third-order valence-corrected chi connectivity index (χ3v) is 4.32. The molecule has 1 aliphatic heterocycles. The highest BCUT2D eigenvalue weighted by molar-refractivity contribution is 5.82. The fraction of sp³-hybridized carbons (Fsp3) is 0.923. The first-order valence-electron chi connectivity index (χ1n) is 6.77. The SMILES string of the molecule is CC1CCCCC1N(C)C(=O)C1CC(O)CN1. The highest BCUT2D eigenvalue weighted by Crippen LogP contribution is 2.28. The van der Waals surface area contributed by atoms with E-state index in [1.807, 2.05) is 11.9 Å². The average Bonchev–Trinajstić information content (AvgIpc) is 2.75. The van der Waals surface area contributed by atoms with Crippen LogP contribution in [0.3, 0.4) is 0 Å². The van der Waals surface area contributed by atoms with E-state index in [1.54, 1.807) is 0 Å². The van der Waals surface area contributed by atoms with Gasteiger partial charge in [0.2, 0.25) is 5.91 Å². The van der Waals surface area contributed by atoms with E-state index in [-0.39, 0.29) is 18.1 Å². The van der Waals surface area contributed by atoms with E-state index in [4.69, 9.17) is 0 Å². The van der Waals surface area contributed by atoms with Crippen LogP contribution in [0.25, 0.3) is 0 Å². The Hall–Kier alpha value is -0.610. The van der Waals surface area contributed by atoms with Crippen LogP contribution in [0.15, 0.2) is 0 Å². The van der Waals surface area contributed by atoms with Gasteiger partial charge in [-0.3, -0.25) is 4.79 Å². The van der Waals surface area contributed by atoms with Crippen LogP contribution in [0.4, 0.5) is 0 Å². The third kappa shape index (κ3) is 2.80. The van der Waals surface area contributed by atoms with Crippen molar-refractivity contribution in [3.8, 4) is 0 Å². The Morgan fingerprint density at radius 3 is 2.65 bits per heavy atom. The zero-order valence-corrected chi connectivity index (χ0v) is 10.9. The summed E-state index contributed by atoms with van der Waals surface area (Å²) in [5, 5.41) is 12.6. The number of aliphatic hydroxyl groups is 1. The molecule has 4 atom stereocenters. The molecule has 0 bridgehead atoms. The van der Waals surface area contributed by atoms with Crippen LogP contribution in [0.2, 0.25) is 0 Å². The molecule has 4 heteroatoms. The molecule has 1 heterocycles. The van der Waals surface area contributed by atoms with Gasteiger partial charge in [0.25, 0.3) is 0 Å². The van der Waals surface area contributed by atoms with E-state index in [0.717, 1.165) is 6.42 Å². The van der Waals surface area contributed by atoms with Gasteiger partial charge in [0.15, 0.2) is 0 Å². The number of hydrogen-bond donors (Lipinski definition) is 2. The Bertz CT molecular complexity index is 283. The molecule has 1 amide bonds. The number of nitrogens with one attached hydrogen (secondary N) is 1. The Labute approximate surface area is 103 Å². The molecular weight excluding hydrogens is 216 g/mol. The van der Waals surface area contributed by atoms with Crippen LogP contribution in [-0.2, 0) is 4.79 Å². The Morgan fingerprint density at radius 1 is 1.35 bits per heavy atom. The smallest absolute Gasteiger partial charge is 0.239 e. The fourth-order valence-corrected chi connectivity index (χ4v) is 3.19. The maximum absolute atomic E-state index is 12.3. The number of rotatable bonds is 2. The third-order valence-electron chi connectivity index (χ3n) is 4.32. The molecule has 2 rings (SSSR count). The van der Waals surface area contributed by atoms with Crippen molar-refractivity contribution in [1.29, 1.82) is 0 Å². The van der Waals surface area contributed by atoms with E-state index in [1.165, 1.54) is 19.3 Å². The highest BCUT2D eigenvalue weighted by atomic mass is 16.3. The summed E-state index contributed by atoms with van der Waals surface area (Å²) in [6.45, 7) is 2.79. The minimum atomic E-state index is -0.360. The lowest BCUT2D eigenvalue weighted by Crippen LogP contribution is -2.49. The van der Waals surface area contributed by atoms with Crippen molar-refractivity contribution < 1.29 is 9.90 Å². The molecule has 0 radical (unpaired) electrons. The van der Waals surface area contributed by atoms with Gasteiger partial charge < -0.3 is 15.3 Å². The lowest BCUT2D eigenvalue weighted by Gasteiger charge is -2.37. The lowest BCUT2D eigenvalue weighted by molar-refractivity contribution is -0.135. The summed E-state index contributed by atoms with van der Waals surface area (Å²) in [6.07, 6.45) is 5.07. The van der Waals surface area contributed by atoms with Gasteiger partial charge in [0, 0.05) is 19.6 Å². The zero-order chi connectivity index (χ0) is 12.4. The predicted octanol–water partition coefficient (Wildman–Crippen LogP) is 0.746. The van der Waals surface area contributed by atoms with Crippen molar-refractivity contribution in [3.63, 3.8) is 0 Å². The summed E-state index contributed by atoms with van der Waals surface area (Å²) in [7, 11) is 1.92. The van der Waals surface area contributed by atoms with E-state index in [0.29, 0.717) is 24.9 Å². The number of carbonyl (C=O) groups is 1. The molecule has 0 spiro atoms. The minimum Gasteiger partial charge on any atom is -0.392 e. The Morgan fingerprint density at radius 2 is 2.06 bits per heavy atom. The predicted molar refractivity (Wildman–Crippen MR) is 66.6 cm³/mol. The van der Waals surface area contributed by atoms with Crippen LogP contribution >= 0.6 is 0 Å². The summed E-state index contributed by atoms with van der Waals surface area (Å²) in [6, 6.07) is 0.208.